The molecular weight excluding hydrogens is 287 g/mol. The van der Waals surface area contributed by atoms with Crippen LogP contribution in [0.15, 0.2) is 18.2 Å². The van der Waals surface area contributed by atoms with Crippen molar-refractivity contribution in [3.63, 3.8) is 0 Å². The van der Waals surface area contributed by atoms with E-state index in [0.29, 0.717) is 11.5 Å². The molecule has 5 heteroatoms. The lowest BCUT2D eigenvalue weighted by Crippen LogP contribution is -2.37. The molecule has 0 heterocycles. The lowest BCUT2D eigenvalue weighted by atomic mass is 9.98. The number of carbonyl (C=O) groups is 1. The fourth-order valence-corrected chi connectivity index (χ4v) is 2.93. The molecule has 1 unspecified atom stereocenters. The fourth-order valence-electron chi connectivity index (χ4n) is 2.48. The molecule has 0 aliphatic heterocycles. The van der Waals surface area contributed by atoms with Crippen LogP contribution in [0.1, 0.15) is 43.4 Å². The van der Waals surface area contributed by atoms with Gasteiger partial charge in [0.15, 0.2) is 5.17 Å². The molecule has 1 N–H and O–H groups in total. The van der Waals surface area contributed by atoms with Gasteiger partial charge < -0.3 is 0 Å². The second-order valence-electron chi connectivity index (χ2n) is 5.60. The molecule has 0 spiro atoms. The van der Waals surface area contributed by atoms with E-state index in [2.05, 4.69) is 0 Å². The van der Waals surface area contributed by atoms with Crippen LogP contribution < -0.4 is 0 Å². The quantitative estimate of drug-likeness (QED) is 0.671. The second-order valence-corrected chi connectivity index (χ2v) is 6.40. The molecule has 1 aliphatic carbocycles. The number of rotatable bonds is 4. The predicted molar refractivity (Wildman–Crippen MR) is 85.0 cm³/mol. The van der Waals surface area contributed by atoms with Crippen molar-refractivity contribution < 1.29 is 9.18 Å². The fraction of sp³-hybridized carbons (Fsp3) is 0.500. The van der Waals surface area contributed by atoms with Crippen LogP contribution in [0.5, 0.6) is 0 Å². The number of aryl methyl sites for hydroxylation is 1. The number of amidine groups is 1. The van der Waals surface area contributed by atoms with Crippen LogP contribution in [0, 0.1) is 24.1 Å². The summed E-state index contributed by atoms with van der Waals surface area (Å²) in [6, 6.07) is 4.87. The molecule has 114 valence electrons. The molecule has 1 atom stereocenters. The van der Waals surface area contributed by atoms with Gasteiger partial charge in [0, 0.05) is 6.92 Å². The summed E-state index contributed by atoms with van der Waals surface area (Å²) in [5.74, 6) is 0.157. The number of thioether (sulfide) groups is 1. The number of benzene rings is 1. The summed E-state index contributed by atoms with van der Waals surface area (Å²) in [7, 11) is 0. The standard InChI is InChI=1S/C16H21FN2OS/c1-10-4-7-13(9-14(10)17)15(8-12-5-6-12)19(11(2)20)16(18)21-3/h4,7,9,12,15,18H,5-6,8H2,1-3H3. The number of amides is 1. The molecule has 0 radical (unpaired) electrons. The first-order valence-electron chi connectivity index (χ1n) is 7.12. The van der Waals surface area contributed by atoms with Crippen LogP contribution in [-0.2, 0) is 4.79 Å². The summed E-state index contributed by atoms with van der Waals surface area (Å²) in [4.78, 5) is 13.5. The summed E-state index contributed by atoms with van der Waals surface area (Å²) in [6.07, 6.45) is 4.89. The Hall–Kier alpha value is -1.36. The number of carbonyl (C=O) groups excluding carboxylic acids is 1. The SMILES string of the molecule is CSC(=N)N(C(C)=O)C(CC1CC1)c1ccc(C)c(F)c1. The third-order valence-electron chi connectivity index (χ3n) is 3.90. The lowest BCUT2D eigenvalue weighted by Gasteiger charge is -2.31. The molecule has 1 fully saturated rings. The Kier molecular flexibility index (Phi) is 5.04. The van der Waals surface area contributed by atoms with E-state index in [1.165, 1.54) is 29.7 Å². The number of nitrogens with one attached hydrogen (secondary N) is 1. The van der Waals surface area contributed by atoms with E-state index in [1.807, 2.05) is 6.07 Å². The highest BCUT2D eigenvalue weighted by molar-refractivity contribution is 8.13. The summed E-state index contributed by atoms with van der Waals surface area (Å²) >= 11 is 1.23. The molecule has 1 aromatic carbocycles. The Balaban J connectivity index is 2.37. The second kappa shape index (κ2) is 6.60. The molecular formula is C16H21FN2OS. The topological polar surface area (TPSA) is 44.2 Å². The van der Waals surface area contributed by atoms with Gasteiger partial charge in [-0.05, 0) is 42.7 Å². The molecule has 21 heavy (non-hydrogen) atoms. The van der Waals surface area contributed by atoms with Crippen molar-refractivity contribution >= 4 is 22.8 Å². The Bertz CT molecular complexity index is 557. The van der Waals surface area contributed by atoms with Crippen LogP contribution in [0.3, 0.4) is 0 Å². The molecule has 3 nitrogen and oxygen atoms in total. The van der Waals surface area contributed by atoms with Crippen molar-refractivity contribution in [1.82, 2.24) is 4.90 Å². The van der Waals surface area contributed by atoms with Gasteiger partial charge in [-0.15, -0.1) is 0 Å². The average Bonchev–Trinajstić information content (AvgIpc) is 3.24. The smallest absolute Gasteiger partial charge is 0.225 e. The molecule has 0 saturated heterocycles. The van der Waals surface area contributed by atoms with Gasteiger partial charge in [-0.3, -0.25) is 15.1 Å². The third kappa shape index (κ3) is 3.84. The Morgan fingerprint density at radius 2 is 2.19 bits per heavy atom. The normalized spacial score (nSPS) is 15.6. The van der Waals surface area contributed by atoms with E-state index in [1.54, 1.807) is 19.2 Å². The van der Waals surface area contributed by atoms with E-state index in [0.717, 1.165) is 24.8 Å². The van der Waals surface area contributed by atoms with Crippen molar-refractivity contribution in [2.24, 2.45) is 5.92 Å². The molecule has 0 aromatic heterocycles. The minimum Gasteiger partial charge on any atom is -0.284 e. The summed E-state index contributed by atoms with van der Waals surface area (Å²) in [5.41, 5.74) is 1.37. The highest BCUT2D eigenvalue weighted by Gasteiger charge is 2.33. The maximum atomic E-state index is 13.9. The van der Waals surface area contributed by atoms with Crippen LogP contribution in [0.4, 0.5) is 4.39 Å². The molecule has 1 amide bonds. The van der Waals surface area contributed by atoms with Crippen molar-refractivity contribution in [2.45, 2.75) is 39.2 Å². The maximum Gasteiger partial charge on any atom is 0.225 e. The highest BCUT2D eigenvalue weighted by atomic mass is 32.2. The number of halogens is 1. The van der Waals surface area contributed by atoms with Gasteiger partial charge in [0.1, 0.15) is 5.82 Å². The molecule has 1 saturated carbocycles. The predicted octanol–water partition coefficient (Wildman–Crippen LogP) is 4.12. The van der Waals surface area contributed by atoms with Crippen LogP contribution in [0.25, 0.3) is 0 Å². The van der Waals surface area contributed by atoms with E-state index in [9.17, 15) is 9.18 Å². The van der Waals surface area contributed by atoms with Crippen molar-refractivity contribution in [2.75, 3.05) is 6.26 Å². The molecule has 1 aliphatic rings. The van der Waals surface area contributed by atoms with Gasteiger partial charge in [-0.25, -0.2) is 4.39 Å². The van der Waals surface area contributed by atoms with Gasteiger partial charge in [0.25, 0.3) is 0 Å². The molecule has 2 rings (SSSR count). The Labute approximate surface area is 129 Å². The monoisotopic (exact) mass is 308 g/mol. The van der Waals surface area contributed by atoms with E-state index in [4.69, 9.17) is 5.41 Å². The van der Waals surface area contributed by atoms with Crippen molar-refractivity contribution in [1.29, 1.82) is 5.41 Å². The van der Waals surface area contributed by atoms with E-state index >= 15 is 0 Å². The van der Waals surface area contributed by atoms with Crippen LogP contribution >= 0.6 is 11.8 Å². The van der Waals surface area contributed by atoms with E-state index < -0.39 is 0 Å². The first-order valence-corrected chi connectivity index (χ1v) is 8.35. The zero-order chi connectivity index (χ0) is 15.6. The van der Waals surface area contributed by atoms with Crippen LogP contribution in [0.2, 0.25) is 0 Å². The zero-order valence-corrected chi connectivity index (χ0v) is 13.5. The Morgan fingerprint density at radius 1 is 1.52 bits per heavy atom. The number of hydrogen-bond donors (Lipinski definition) is 1. The summed E-state index contributed by atoms with van der Waals surface area (Å²) in [5, 5.41) is 8.26. The largest absolute Gasteiger partial charge is 0.284 e. The average molecular weight is 308 g/mol. The maximum absolute atomic E-state index is 13.9. The van der Waals surface area contributed by atoms with Gasteiger partial charge in [0.05, 0.1) is 6.04 Å². The summed E-state index contributed by atoms with van der Waals surface area (Å²) in [6.45, 7) is 3.19. The Morgan fingerprint density at radius 3 is 2.67 bits per heavy atom. The van der Waals surface area contributed by atoms with Gasteiger partial charge in [0.2, 0.25) is 5.91 Å². The van der Waals surface area contributed by atoms with Crippen molar-refractivity contribution in [3.8, 4) is 0 Å². The number of hydrogen-bond acceptors (Lipinski definition) is 3. The minimum absolute atomic E-state index is 0.166. The molecule has 0 bridgehead atoms. The lowest BCUT2D eigenvalue weighted by molar-refractivity contribution is -0.126. The number of nitrogens with zero attached hydrogens (tertiary/aromatic N) is 1. The minimum atomic E-state index is -0.257. The zero-order valence-electron chi connectivity index (χ0n) is 12.6. The summed E-state index contributed by atoms with van der Waals surface area (Å²) < 4.78 is 13.9. The first kappa shape index (κ1) is 16.0. The van der Waals surface area contributed by atoms with Crippen LogP contribution in [-0.4, -0.2) is 22.2 Å². The van der Waals surface area contributed by atoms with Gasteiger partial charge in [-0.2, -0.15) is 0 Å². The third-order valence-corrected chi connectivity index (χ3v) is 4.48. The van der Waals surface area contributed by atoms with E-state index in [-0.39, 0.29) is 22.9 Å². The van der Waals surface area contributed by atoms with Crippen molar-refractivity contribution in [3.05, 3.63) is 35.1 Å². The molecule has 1 aromatic rings. The first-order chi connectivity index (χ1) is 9.93. The van der Waals surface area contributed by atoms with Gasteiger partial charge >= 0.3 is 0 Å². The highest BCUT2D eigenvalue weighted by Crippen LogP contribution is 2.41. The van der Waals surface area contributed by atoms with Gasteiger partial charge in [-0.1, -0.05) is 36.7 Å².